The molecule has 9 nitrogen and oxygen atoms in total. The third-order valence-electron chi connectivity index (χ3n) is 4.98. The summed E-state index contributed by atoms with van der Waals surface area (Å²) < 4.78 is 26.8. The zero-order chi connectivity index (χ0) is 20.4. The molecule has 4 rings (SSSR count). The van der Waals surface area contributed by atoms with Crippen molar-refractivity contribution in [2.24, 2.45) is 0 Å². The number of nitrogens with zero attached hydrogens (tertiary/aromatic N) is 3. The normalized spacial score (nSPS) is 15.1. The lowest BCUT2D eigenvalue weighted by Gasteiger charge is -2.15. The van der Waals surface area contributed by atoms with Crippen LogP contribution in [0.5, 0.6) is 0 Å². The Morgan fingerprint density at radius 3 is 2.66 bits per heavy atom. The number of anilines is 4. The third-order valence-corrected chi connectivity index (χ3v) is 6.74. The van der Waals surface area contributed by atoms with E-state index >= 15 is 0 Å². The molecule has 0 spiro atoms. The van der Waals surface area contributed by atoms with Crippen LogP contribution in [0.15, 0.2) is 30.6 Å². The molecule has 0 amide bonds. The summed E-state index contributed by atoms with van der Waals surface area (Å²) in [6.07, 6.45) is 6.29. The molecular weight excluding hydrogens is 390 g/mol. The first kappa shape index (κ1) is 19.4. The molecule has 0 bridgehead atoms. The van der Waals surface area contributed by atoms with Crippen molar-refractivity contribution in [1.29, 1.82) is 0 Å². The third kappa shape index (κ3) is 4.42. The van der Waals surface area contributed by atoms with E-state index in [1.54, 1.807) is 38.4 Å². The Morgan fingerprint density at radius 1 is 1.14 bits per heavy atom. The quantitative estimate of drug-likeness (QED) is 0.465. The minimum atomic E-state index is -3.42. The van der Waals surface area contributed by atoms with Crippen molar-refractivity contribution in [3.8, 4) is 0 Å². The number of hydrogen-bond donors (Lipinski definition) is 4. The van der Waals surface area contributed by atoms with Crippen molar-refractivity contribution >= 4 is 44.3 Å². The van der Waals surface area contributed by atoms with Gasteiger partial charge in [0.2, 0.25) is 16.0 Å². The molecule has 1 aliphatic rings. The second kappa shape index (κ2) is 7.86. The first-order chi connectivity index (χ1) is 13.9. The highest BCUT2D eigenvalue weighted by molar-refractivity contribution is 7.93. The lowest BCUT2D eigenvalue weighted by Crippen LogP contribution is -2.22. The molecule has 2 aromatic heterocycles. The van der Waals surface area contributed by atoms with E-state index in [0.717, 1.165) is 24.2 Å². The van der Waals surface area contributed by atoms with Crippen LogP contribution in [0.1, 0.15) is 39.5 Å². The van der Waals surface area contributed by atoms with Gasteiger partial charge in [0.25, 0.3) is 0 Å². The highest BCUT2D eigenvalue weighted by Gasteiger charge is 2.19. The van der Waals surface area contributed by atoms with Gasteiger partial charge in [-0.15, -0.1) is 0 Å². The summed E-state index contributed by atoms with van der Waals surface area (Å²) in [6.45, 7) is 3.27. The molecule has 2 heterocycles. The number of aromatic nitrogens is 4. The van der Waals surface area contributed by atoms with Crippen molar-refractivity contribution in [2.45, 2.75) is 50.8 Å². The van der Waals surface area contributed by atoms with Gasteiger partial charge in [0.15, 0.2) is 11.5 Å². The minimum Gasteiger partial charge on any atom is -0.365 e. The number of fused-ring (bicyclic) bond motifs is 1. The van der Waals surface area contributed by atoms with E-state index < -0.39 is 15.3 Å². The molecule has 1 aliphatic carbocycles. The van der Waals surface area contributed by atoms with Crippen molar-refractivity contribution in [3.05, 3.63) is 30.6 Å². The van der Waals surface area contributed by atoms with Gasteiger partial charge in [-0.05, 0) is 44.9 Å². The smallest absolute Gasteiger partial charge is 0.235 e. The maximum Gasteiger partial charge on any atom is 0.235 e. The number of nitrogens with one attached hydrogen (secondary N) is 4. The molecule has 0 aliphatic heterocycles. The minimum absolute atomic E-state index is 0.397. The largest absolute Gasteiger partial charge is 0.365 e. The number of H-pyrrole nitrogens is 1. The van der Waals surface area contributed by atoms with E-state index in [-0.39, 0.29) is 0 Å². The molecule has 1 fully saturated rings. The van der Waals surface area contributed by atoms with E-state index in [1.807, 2.05) is 6.07 Å². The van der Waals surface area contributed by atoms with Crippen molar-refractivity contribution < 1.29 is 8.42 Å². The van der Waals surface area contributed by atoms with Gasteiger partial charge in [-0.2, -0.15) is 9.97 Å². The Labute approximate surface area is 169 Å². The zero-order valence-electron chi connectivity index (χ0n) is 16.4. The number of hydrogen-bond acceptors (Lipinski definition) is 7. The first-order valence-corrected chi connectivity index (χ1v) is 11.3. The fourth-order valence-electron chi connectivity index (χ4n) is 3.33. The molecule has 4 N–H and O–H groups in total. The van der Waals surface area contributed by atoms with E-state index in [9.17, 15) is 8.42 Å². The SMILES string of the molecule is CC(C)S(=O)(=O)Nc1cccc(Nc2nc(NC3CCCC3)c3[nH]cnc3n2)c1. The van der Waals surface area contributed by atoms with Gasteiger partial charge in [-0.1, -0.05) is 18.9 Å². The Morgan fingerprint density at radius 2 is 1.90 bits per heavy atom. The molecule has 10 heteroatoms. The predicted octanol–water partition coefficient (Wildman–Crippen LogP) is 3.60. The van der Waals surface area contributed by atoms with Gasteiger partial charge >= 0.3 is 0 Å². The van der Waals surface area contributed by atoms with Crippen LogP contribution < -0.4 is 15.4 Å². The van der Waals surface area contributed by atoms with E-state index in [2.05, 4.69) is 35.3 Å². The topological polar surface area (TPSA) is 125 Å². The van der Waals surface area contributed by atoms with Gasteiger partial charge in [-0.25, -0.2) is 13.4 Å². The monoisotopic (exact) mass is 415 g/mol. The Bertz CT molecular complexity index is 1100. The summed E-state index contributed by atoms with van der Waals surface area (Å²) in [5.41, 5.74) is 2.50. The van der Waals surface area contributed by atoms with Crippen LogP contribution in [0.4, 0.5) is 23.1 Å². The van der Waals surface area contributed by atoms with E-state index in [0.29, 0.717) is 29.0 Å². The molecule has 1 saturated carbocycles. The highest BCUT2D eigenvalue weighted by Crippen LogP contribution is 2.27. The molecule has 0 atom stereocenters. The molecular formula is C19H25N7O2S. The standard InChI is InChI=1S/C19H25N7O2S/c1-12(2)29(27,28)26-15-9-5-8-14(10-15)23-19-24-17-16(20-11-21-17)18(25-19)22-13-6-3-4-7-13/h5,8-13,26H,3-4,6-7H2,1-2H3,(H3,20,21,22,23,24,25). The Kier molecular flexibility index (Phi) is 5.27. The summed E-state index contributed by atoms with van der Waals surface area (Å²) in [7, 11) is -3.42. The summed E-state index contributed by atoms with van der Waals surface area (Å²) in [5, 5.41) is 6.13. The maximum atomic E-state index is 12.1. The maximum absolute atomic E-state index is 12.1. The van der Waals surface area contributed by atoms with E-state index in [4.69, 9.17) is 0 Å². The fraction of sp³-hybridized carbons (Fsp3) is 0.421. The van der Waals surface area contributed by atoms with Gasteiger partial charge in [0.1, 0.15) is 5.52 Å². The van der Waals surface area contributed by atoms with E-state index in [1.165, 1.54) is 12.8 Å². The number of aromatic amines is 1. The lowest BCUT2D eigenvalue weighted by molar-refractivity contribution is 0.593. The molecule has 1 aromatic carbocycles. The molecule has 0 saturated heterocycles. The highest BCUT2D eigenvalue weighted by atomic mass is 32.2. The molecule has 3 aromatic rings. The number of imidazole rings is 1. The Balaban J connectivity index is 1.58. The number of benzene rings is 1. The van der Waals surface area contributed by atoms with Crippen LogP contribution >= 0.6 is 0 Å². The average Bonchev–Trinajstić information content (AvgIpc) is 3.33. The summed E-state index contributed by atoms with van der Waals surface area (Å²) in [5.74, 6) is 1.12. The summed E-state index contributed by atoms with van der Waals surface area (Å²) in [6, 6.07) is 7.41. The average molecular weight is 416 g/mol. The molecule has 0 radical (unpaired) electrons. The van der Waals surface area contributed by atoms with Crippen LogP contribution in [0.2, 0.25) is 0 Å². The van der Waals surface area contributed by atoms with Crippen LogP contribution in [0.3, 0.4) is 0 Å². The Hall–Kier alpha value is -2.88. The summed E-state index contributed by atoms with van der Waals surface area (Å²) in [4.78, 5) is 16.4. The van der Waals surface area contributed by atoms with Crippen LogP contribution in [0, 0.1) is 0 Å². The second-order valence-corrected chi connectivity index (χ2v) is 9.76. The lowest BCUT2D eigenvalue weighted by atomic mass is 10.2. The number of rotatable bonds is 7. The van der Waals surface area contributed by atoms with Crippen molar-refractivity contribution in [3.63, 3.8) is 0 Å². The van der Waals surface area contributed by atoms with Crippen LogP contribution in [-0.2, 0) is 10.0 Å². The van der Waals surface area contributed by atoms with Crippen LogP contribution in [-0.4, -0.2) is 39.6 Å². The van der Waals surface area contributed by atoms with Gasteiger partial charge in [0.05, 0.1) is 17.3 Å². The molecule has 29 heavy (non-hydrogen) atoms. The number of sulfonamides is 1. The second-order valence-electron chi connectivity index (χ2n) is 7.52. The first-order valence-electron chi connectivity index (χ1n) is 9.77. The van der Waals surface area contributed by atoms with Gasteiger partial charge < -0.3 is 15.6 Å². The molecule has 0 unspecified atom stereocenters. The summed E-state index contributed by atoms with van der Waals surface area (Å²) >= 11 is 0. The molecule has 154 valence electrons. The van der Waals surface area contributed by atoms with Crippen molar-refractivity contribution in [2.75, 3.05) is 15.4 Å². The van der Waals surface area contributed by atoms with Gasteiger partial charge in [0, 0.05) is 11.7 Å². The zero-order valence-corrected chi connectivity index (χ0v) is 17.3. The predicted molar refractivity (Wildman–Crippen MR) is 115 cm³/mol. The van der Waals surface area contributed by atoms with Gasteiger partial charge in [-0.3, -0.25) is 4.72 Å². The van der Waals surface area contributed by atoms with Crippen LogP contribution in [0.25, 0.3) is 11.2 Å². The fourth-order valence-corrected chi connectivity index (χ4v) is 4.02. The van der Waals surface area contributed by atoms with Crippen molar-refractivity contribution in [1.82, 2.24) is 19.9 Å².